The first-order valence-corrected chi connectivity index (χ1v) is 11.9. The quantitative estimate of drug-likeness (QED) is 0.434. The molecule has 0 unspecified atom stereocenters. The van der Waals surface area contributed by atoms with Crippen molar-refractivity contribution >= 4 is 11.7 Å². The summed E-state index contributed by atoms with van der Waals surface area (Å²) in [7, 11) is 0. The Labute approximate surface area is 200 Å². The van der Waals surface area contributed by atoms with Gasteiger partial charge in [0.2, 0.25) is 0 Å². The van der Waals surface area contributed by atoms with Gasteiger partial charge in [-0.3, -0.25) is 4.79 Å². The van der Waals surface area contributed by atoms with E-state index in [0.717, 1.165) is 55.0 Å². The first kappa shape index (κ1) is 21.9. The second kappa shape index (κ2) is 10.3. The molecule has 5 rings (SSSR count). The van der Waals surface area contributed by atoms with Gasteiger partial charge in [0.15, 0.2) is 0 Å². The largest absolute Gasteiger partial charge is 0.356 e. The van der Waals surface area contributed by atoms with Gasteiger partial charge in [0.1, 0.15) is 5.82 Å². The number of piperidine rings is 1. The number of anilines is 1. The number of aromatic nitrogens is 3. The highest BCUT2D eigenvalue weighted by Crippen LogP contribution is 2.25. The van der Waals surface area contributed by atoms with Crippen LogP contribution in [0.5, 0.6) is 0 Å². The molecule has 1 fully saturated rings. The topological polar surface area (TPSA) is 63.1 Å². The molecule has 1 amide bonds. The normalized spacial score (nSPS) is 13.6. The van der Waals surface area contributed by atoms with Gasteiger partial charge in [0.25, 0.3) is 5.91 Å². The first-order valence-electron chi connectivity index (χ1n) is 11.9. The molecule has 0 spiro atoms. The third kappa shape index (κ3) is 5.01. The molecule has 6 nitrogen and oxygen atoms in total. The number of nitrogens with zero attached hydrogens (tertiary/aromatic N) is 4. The molecule has 6 heteroatoms. The number of hydrogen-bond donors (Lipinski definition) is 1. The van der Waals surface area contributed by atoms with Crippen molar-refractivity contribution in [1.82, 2.24) is 19.9 Å². The SMILES string of the molecule is O=C(NCc1ccccc1-c1ccc(Cn2ccnc2)cc1)c1cccnc1N1CCCCC1. The number of carbonyl (C=O) groups is 1. The van der Waals surface area contributed by atoms with Gasteiger partial charge in [-0.05, 0) is 53.6 Å². The van der Waals surface area contributed by atoms with E-state index in [1.165, 1.54) is 12.0 Å². The minimum absolute atomic E-state index is 0.0841. The fourth-order valence-corrected chi connectivity index (χ4v) is 4.54. The molecule has 0 bridgehead atoms. The van der Waals surface area contributed by atoms with Crippen LogP contribution in [0.2, 0.25) is 0 Å². The highest BCUT2D eigenvalue weighted by molar-refractivity contribution is 5.99. The molecule has 2 aromatic heterocycles. The van der Waals surface area contributed by atoms with Gasteiger partial charge < -0.3 is 14.8 Å². The van der Waals surface area contributed by atoms with Crippen LogP contribution >= 0.6 is 0 Å². The highest BCUT2D eigenvalue weighted by Gasteiger charge is 2.19. The van der Waals surface area contributed by atoms with Crippen molar-refractivity contribution in [2.75, 3.05) is 18.0 Å². The summed E-state index contributed by atoms with van der Waals surface area (Å²) in [5, 5.41) is 3.13. The molecular weight excluding hydrogens is 422 g/mol. The molecule has 34 heavy (non-hydrogen) atoms. The summed E-state index contributed by atoms with van der Waals surface area (Å²) >= 11 is 0. The van der Waals surface area contributed by atoms with Crippen molar-refractivity contribution in [3.8, 4) is 11.1 Å². The van der Waals surface area contributed by atoms with E-state index in [1.54, 1.807) is 12.4 Å². The maximum Gasteiger partial charge on any atom is 0.255 e. The Morgan fingerprint density at radius 2 is 1.74 bits per heavy atom. The average Bonchev–Trinajstić information content (AvgIpc) is 3.41. The fraction of sp³-hybridized carbons (Fsp3) is 0.250. The monoisotopic (exact) mass is 451 g/mol. The molecule has 1 aliphatic rings. The summed E-state index contributed by atoms with van der Waals surface area (Å²) in [6, 6.07) is 20.5. The summed E-state index contributed by atoms with van der Waals surface area (Å²) in [4.78, 5) is 24.0. The Hall–Kier alpha value is -3.93. The van der Waals surface area contributed by atoms with Crippen molar-refractivity contribution in [3.63, 3.8) is 0 Å². The van der Waals surface area contributed by atoms with Crippen molar-refractivity contribution < 1.29 is 4.79 Å². The van der Waals surface area contributed by atoms with Crippen LogP contribution in [-0.2, 0) is 13.1 Å². The van der Waals surface area contributed by atoms with E-state index in [-0.39, 0.29) is 5.91 Å². The maximum atomic E-state index is 13.1. The van der Waals surface area contributed by atoms with Crippen molar-refractivity contribution in [2.24, 2.45) is 0 Å². The predicted molar refractivity (Wildman–Crippen MR) is 135 cm³/mol. The lowest BCUT2D eigenvalue weighted by Crippen LogP contribution is -2.33. The fourth-order valence-electron chi connectivity index (χ4n) is 4.54. The van der Waals surface area contributed by atoms with E-state index in [1.807, 2.05) is 36.8 Å². The molecule has 0 saturated carbocycles. The van der Waals surface area contributed by atoms with Gasteiger partial charge in [-0.15, -0.1) is 0 Å². The summed E-state index contributed by atoms with van der Waals surface area (Å²) in [5.74, 6) is 0.709. The molecule has 0 atom stereocenters. The predicted octanol–water partition coefficient (Wildman–Crippen LogP) is 4.91. The Morgan fingerprint density at radius 3 is 2.53 bits per heavy atom. The van der Waals surface area contributed by atoms with Gasteiger partial charge in [-0.25, -0.2) is 9.97 Å². The van der Waals surface area contributed by atoms with Crippen molar-refractivity contribution in [1.29, 1.82) is 0 Å². The van der Waals surface area contributed by atoms with Crippen molar-refractivity contribution in [3.05, 3.63) is 102 Å². The van der Waals surface area contributed by atoms with Crippen LogP contribution in [0.3, 0.4) is 0 Å². The lowest BCUT2D eigenvalue weighted by atomic mass is 9.98. The zero-order valence-electron chi connectivity index (χ0n) is 19.2. The zero-order chi connectivity index (χ0) is 23.2. The molecule has 3 heterocycles. The number of amides is 1. The molecule has 4 aromatic rings. The molecule has 1 saturated heterocycles. The highest BCUT2D eigenvalue weighted by atomic mass is 16.1. The number of pyridine rings is 1. The van der Waals surface area contributed by atoms with Crippen LogP contribution in [0.15, 0.2) is 85.6 Å². The number of imidazole rings is 1. The third-order valence-corrected chi connectivity index (χ3v) is 6.33. The number of benzene rings is 2. The summed E-state index contributed by atoms with van der Waals surface area (Å²) in [6.07, 6.45) is 10.9. The standard InChI is InChI=1S/C28H29N5O/c34-28(26-9-6-14-30-27(26)33-16-4-1-5-17-33)31-19-24-7-2-3-8-25(24)23-12-10-22(11-13-23)20-32-18-15-29-21-32/h2-3,6-15,18,21H,1,4-5,16-17,19-20H2,(H,31,34). The number of nitrogens with one attached hydrogen (secondary N) is 1. The van der Waals surface area contributed by atoms with E-state index < -0.39 is 0 Å². The lowest BCUT2D eigenvalue weighted by molar-refractivity contribution is 0.0951. The Kier molecular flexibility index (Phi) is 6.66. The van der Waals surface area contributed by atoms with E-state index in [9.17, 15) is 4.79 Å². The summed E-state index contributed by atoms with van der Waals surface area (Å²) in [6.45, 7) is 3.16. The zero-order valence-corrected chi connectivity index (χ0v) is 19.2. The molecule has 2 aromatic carbocycles. The van der Waals surface area contributed by atoms with Gasteiger partial charge in [0.05, 0.1) is 11.9 Å². The Bertz CT molecular complexity index is 1230. The molecular formula is C28H29N5O. The van der Waals surface area contributed by atoms with E-state index >= 15 is 0 Å². The second-order valence-electron chi connectivity index (χ2n) is 8.69. The van der Waals surface area contributed by atoms with Crippen LogP contribution in [-0.4, -0.2) is 33.5 Å². The van der Waals surface area contributed by atoms with Crippen LogP contribution in [0.1, 0.15) is 40.7 Å². The van der Waals surface area contributed by atoms with Crippen LogP contribution in [0, 0.1) is 0 Å². The molecule has 0 radical (unpaired) electrons. The molecule has 1 N–H and O–H groups in total. The number of rotatable bonds is 7. The Morgan fingerprint density at radius 1 is 0.912 bits per heavy atom. The molecule has 1 aliphatic heterocycles. The average molecular weight is 452 g/mol. The van der Waals surface area contributed by atoms with Crippen LogP contribution in [0.4, 0.5) is 5.82 Å². The van der Waals surface area contributed by atoms with Crippen LogP contribution < -0.4 is 10.2 Å². The van der Waals surface area contributed by atoms with Gasteiger partial charge in [-0.2, -0.15) is 0 Å². The van der Waals surface area contributed by atoms with Gasteiger partial charge in [0, 0.05) is 44.8 Å². The Balaban J connectivity index is 1.30. The van der Waals surface area contributed by atoms with Crippen LogP contribution in [0.25, 0.3) is 11.1 Å². The first-order chi connectivity index (χ1) is 16.8. The smallest absolute Gasteiger partial charge is 0.255 e. The molecule has 172 valence electrons. The third-order valence-electron chi connectivity index (χ3n) is 6.33. The second-order valence-corrected chi connectivity index (χ2v) is 8.69. The maximum absolute atomic E-state index is 13.1. The minimum atomic E-state index is -0.0841. The van der Waals surface area contributed by atoms with E-state index in [4.69, 9.17) is 0 Å². The van der Waals surface area contributed by atoms with Crippen molar-refractivity contribution in [2.45, 2.75) is 32.4 Å². The van der Waals surface area contributed by atoms with E-state index in [2.05, 4.69) is 61.1 Å². The molecule has 0 aliphatic carbocycles. The minimum Gasteiger partial charge on any atom is -0.356 e. The number of carbonyl (C=O) groups excluding carboxylic acids is 1. The summed E-state index contributed by atoms with van der Waals surface area (Å²) in [5.41, 5.74) is 5.20. The lowest BCUT2D eigenvalue weighted by Gasteiger charge is -2.29. The van der Waals surface area contributed by atoms with Gasteiger partial charge >= 0.3 is 0 Å². The van der Waals surface area contributed by atoms with E-state index in [0.29, 0.717) is 12.1 Å². The summed E-state index contributed by atoms with van der Waals surface area (Å²) < 4.78 is 2.05. The van der Waals surface area contributed by atoms with Gasteiger partial charge in [-0.1, -0.05) is 48.5 Å². The number of hydrogen-bond acceptors (Lipinski definition) is 4.